The summed E-state index contributed by atoms with van der Waals surface area (Å²) in [6, 6.07) is 17.3. The van der Waals surface area contributed by atoms with Gasteiger partial charge in [0.05, 0.1) is 18.3 Å². The molecule has 0 aliphatic carbocycles. The highest BCUT2D eigenvalue weighted by Crippen LogP contribution is 2.40. The Labute approximate surface area is 225 Å². The lowest BCUT2D eigenvalue weighted by molar-refractivity contribution is 0.0412. The van der Waals surface area contributed by atoms with Crippen molar-refractivity contribution >= 4 is 24.2 Å². The minimum absolute atomic E-state index is 0.136. The highest BCUT2D eigenvalue weighted by molar-refractivity contribution is 6.04. The molecule has 2 aromatic rings. The summed E-state index contributed by atoms with van der Waals surface area (Å²) in [5.41, 5.74) is 0.185. The normalized spacial score (nSPS) is 17.6. The van der Waals surface area contributed by atoms with E-state index in [1.165, 1.54) is 4.90 Å². The summed E-state index contributed by atoms with van der Waals surface area (Å²) in [4.78, 5) is 34.3. The number of methoxy groups -OCH3 is 1. The van der Waals surface area contributed by atoms with Crippen molar-refractivity contribution in [3.8, 4) is 5.75 Å². The molecule has 0 radical (unpaired) electrons. The van der Waals surface area contributed by atoms with Gasteiger partial charge in [-0.1, -0.05) is 42.5 Å². The number of guanidine groups is 1. The Morgan fingerprint density at radius 2 is 1.47 bits per heavy atom. The fraction of sp³-hybridized carbons (Fsp3) is 0.433. The summed E-state index contributed by atoms with van der Waals surface area (Å²) in [6.45, 7) is 15.0. The van der Waals surface area contributed by atoms with Gasteiger partial charge >= 0.3 is 12.2 Å². The average Bonchev–Trinajstić information content (AvgIpc) is 2.99. The van der Waals surface area contributed by atoms with Gasteiger partial charge in [-0.2, -0.15) is 0 Å². The Bertz CT molecular complexity index is 1200. The van der Waals surface area contributed by atoms with E-state index < -0.39 is 28.9 Å². The van der Waals surface area contributed by atoms with Gasteiger partial charge in [0.1, 0.15) is 17.0 Å². The molecule has 0 bridgehead atoms. The van der Waals surface area contributed by atoms with Crippen molar-refractivity contribution in [2.24, 2.45) is 4.99 Å². The Hall–Kier alpha value is -3.81. The summed E-state index contributed by atoms with van der Waals surface area (Å²) in [6.07, 6.45) is 0.493. The highest BCUT2D eigenvalue weighted by Gasteiger charge is 2.50. The van der Waals surface area contributed by atoms with E-state index in [0.29, 0.717) is 12.2 Å². The van der Waals surface area contributed by atoms with E-state index in [4.69, 9.17) is 14.2 Å². The van der Waals surface area contributed by atoms with E-state index in [-0.39, 0.29) is 5.96 Å². The van der Waals surface area contributed by atoms with E-state index in [2.05, 4.69) is 4.99 Å². The SMILES string of the molecule is COc1ccc(CN2/C(=N/C(=O)OC(C)(C)C)N(C(=O)OC(C)(C)C)/C(=C\c3ccccc3)C2(C)C)cc1. The summed E-state index contributed by atoms with van der Waals surface area (Å²) in [7, 11) is 1.61. The fourth-order valence-electron chi connectivity index (χ4n) is 3.98. The smallest absolute Gasteiger partial charge is 0.437 e. The molecule has 2 aromatic carbocycles. The average molecular weight is 522 g/mol. The van der Waals surface area contributed by atoms with Crippen molar-refractivity contribution in [1.29, 1.82) is 0 Å². The Balaban J connectivity index is 2.20. The number of rotatable bonds is 4. The van der Waals surface area contributed by atoms with Crippen molar-refractivity contribution in [3.63, 3.8) is 0 Å². The zero-order chi connectivity index (χ0) is 28.3. The van der Waals surface area contributed by atoms with Crippen LogP contribution in [-0.4, -0.2) is 51.8 Å². The summed E-state index contributed by atoms with van der Waals surface area (Å²) >= 11 is 0. The number of carbonyl (C=O) groups excluding carboxylic acids is 2. The van der Waals surface area contributed by atoms with E-state index in [1.54, 1.807) is 48.7 Å². The predicted molar refractivity (Wildman–Crippen MR) is 149 cm³/mol. The molecule has 0 saturated carbocycles. The monoisotopic (exact) mass is 521 g/mol. The maximum absolute atomic E-state index is 13.7. The molecular formula is C30H39N3O5. The van der Waals surface area contributed by atoms with Crippen LogP contribution in [0.2, 0.25) is 0 Å². The van der Waals surface area contributed by atoms with Gasteiger partial charge < -0.3 is 19.1 Å². The third-order valence-corrected chi connectivity index (χ3v) is 5.75. The number of hydrogen-bond acceptors (Lipinski definition) is 5. The van der Waals surface area contributed by atoms with Gasteiger partial charge in [-0.25, -0.2) is 14.5 Å². The summed E-state index contributed by atoms with van der Waals surface area (Å²) in [5.74, 6) is 0.869. The molecule has 1 saturated heterocycles. The molecule has 204 valence electrons. The Kier molecular flexibility index (Phi) is 8.24. The lowest BCUT2D eigenvalue weighted by atomic mass is 9.97. The number of carbonyl (C=O) groups is 2. The topological polar surface area (TPSA) is 80.7 Å². The molecule has 0 aromatic heterocycles. The quantitative estimate of drug-likeness (QED) is 0.437. The minimum atomic E-state index is -0.794. The lowest BCUT2D eigenvalue weighted by Crippen LogP contribution is -2.43. The van der Waals surface area contributed by atoms with Crippen LogP contribution in [0.5, 0.6) is 5.75 Å². The molecule has 8 heteroatoms. The third kappa shape index (κ3) is 7.15. The lowest BCUT2D eigenvalue weighted by Gasteiger charge is -2.32. The van der Waals surface area contributed by atoms with Crippen LogP contribution < -0.4 is 4.74 Å². The van der Waals surface area contributed by atoms with Crippen LogP contribution in [0.4, 0.5) is 9.59 Å². The predicted octanol–water partition coefficient (Wildman–Crippen LogP) is 6.86. The maximum atomic E-state index is 13.7. The van der Waals surface area contributed by atoms with Gasteiger partial charge in [-0.3, -0.25) is 0 Å². The maximum Gasteiger partial charge on any atom is 0.437 e. The molecule has 0 spiro atoms. The van der Waals surface area contributed by atoms with E-state index in [1.807, 2.05) is 79.4 Å². The Morgan fingerprint density at radius 1 is 0.895 bits per heavy atom. The van der Waals surface area contributed by atoms with Crippen molar-refractivity contribution < 1.29 is 23.8 Å². The van der Waals surface area contributed by atoms with Crippen molar-refractivity contribution in [3.05, 3.63) is 71.4 Å². The molecule has 2 amide bonds. The molecule has 3 rings (SSSR count). The first-order valence-electron chi connectivity index (χ1n) is 12.6. The van der Waals surface area contributed by atoms with Crippen LogP contribution in [0.3, 0.4) is 0 Å². The molecule has 38 heavy (non-hydrogen) atoms. The van der Waals surface area contributed by atoms with Crippen LogP contribution in [0.1, 0.15) is 66.5 Å². The molecule has 0 N–H and O–H groups in total. The standard InChI is InChI=1S/C30H39N3O5/c1-28(2,3)37-26(34)31-25-32(20-22-15-17-23(36-9)18-16-22)30(7,8)24(19-21-13-11-10-12-14-21)33(25)27(35)38-29(4,5)6/h10-19H,20H2,1-9H3/b24-19-,31-25-. The summed E-state index contributed by atoms with van der Waals surface area (Å²) < 4.78 is 16.6. The van der Waals surface area contributed by atoms with Crippen molar-refractivity contribution in [2.75, 3.05) is 7.11 Å². The number of benzene rings is 2. The molecular weight excluding hydrogens is 482 g/mol. The molecule has 1 aliphatic rings. The van der Waals surface area contributed by atoms with E-state index in [0.717, 1.165) is 16.9 Å². The molecule has 0 unspecified atom stereocenters. The van der Waals surface area contributed by atoms with E-state index in [9.17, 15) is 9.59 Å². The molecule has 8 nitrogen and oxygen atoms in total. The first-order chi connectivity index (χ1) is 17.6. The molecule has 0 atom stereocenters. The van der Waals surface area contributed by atoms with Crippen LogP contribution in [-0.2, 0) is 16.0 Å². The zero-order valence-electron chi connectivity index (χ0n) is 23.9. The fourth-order valence-corrected chi connectivity index (χ4v) is 3.98. The summed E-state index contributed by atoms with van der Waals surface area (Å²) in [5, 5.41) is 0. The van der Waals surface area contributed by atoms with Gasteiger partial charge in [0, 0.05) is 6.54 Å². The molecule has 1 aliphatic heterocycles. The number of hydrogen-bond donors (Lipinski definition) is 0. The van der Waals surface area contributed by atoms with Crippen LogP contribution in [0.25, 0.3) is 6.08 Å². The van der Waals surface area contributed by atoms with Crippen molar-refractivity contribution in [1.82, 2.24) is 9.80 Å². The Morgan fingerprint density at radius 3 is 2.00 bits per heavy atom. The minimum Gasteiger partial charge on any atom is -0.497 e. The first kappa shape index (κ1) is 28.8. The number of nitrogens with zero attached hydrogens (tertiary/aromatic N) is 3. The number of amides is 2. The first-order valence-corrected chi connectivity index (χ1v) is 12.6. The second-order valence-corrected chi connectivity index (χ2v) is 11.6. The third-order valence-electron chi connectivity index (χ3n) is 5.75. The highest BCUT2D eigenvalue weighted by atomic mass is 16.6. The van der Waals surface area contributed by atoms with Crippen LogP contribution in [0.15, 0.2) is 65.3 Å². The molecule has 1 fully saturated rings. The van der Waals surface area contributed by atoms with Crippen molar-refractivity contribution in [2.45, 2.75) is 78.7 Å². The zero-order valence-corrected chi connectivity index (χ0v) is 23.9. The number of aliphatic imine (C=N–C) groups is 1. The van der Waals surface area contributed by atoms with Gasteiger partial charge in [-0.05, 0) is 84.7 Å². The number of ether oxygens (including phenoxy) is 3. The van der Waals surface area contributed by atoms with Gasteiger partial charge in [0.2, 0.25) is 5.96 Å². The van der Waals surface area contributed by atoms with Crippen LogP contribution in [0, 0.1) is 0 Å². The van der Waals surface area contributed by atoms with Gasteiger partial charge in [0.25, 0.3) is 0 Å². The van der Waals surface area contributed by atoms with Gasteiger partial charge in [0.15, 0.2) is 0 Å². The van der Waals surface area contributed by atoms with Gasteiger partial charge in [-0.15, -0.1) is 4.99 Å². The van der Waals surface area contributed by atoms with Crippen LogP contribution >= 0.6 is 0 Å². The van der Waals surface area contributed by atoms with E-state index >= 15 is 0 Å². The second-order valence-electron chi connectivity index (χ2n) is 11.6. The largest absolute Gasteiger partial charge is 0.497 e. The molecule has 1 heterocycles. The second kappa shape index (κ2) is 10.9.